The number of anilines is 2. The second-order valence-electron chi connectivity index (χ2n) is 6.96. The van der Waals surface area contributed by atoms with Crippen molar-refractivity contribution in [2.24, 2.45) is 0 Å². The SMILES string of the molecule is Nc1nn2ccc(N3C[C@@H](F)C[C@@H]3c3cc(F)ccc3F)nc2c1C(=O)NCCO. The Labute approximate surface area is 169 Å². The molecule has 1 saturated heterocycles. The van der Waals surface area contributed by atoms with E-state index in [4.69, 9.17) is 10.8 Å². The molecule has 3 aromatic rings. The molecule has 2 aromatic heterocycles. The number of carbonyl (C=O) groups excluding carboxylic acids is 1. The van der Waals surface area contributed by atoms with Gasteiger partial charge in [0.25, 0.3) is 5.91 Å². The number of halogens is 3. The predicted octanol–water partition coefficient (Wildman–Crippen LogP) is 1.60. The Balaban J connectivity index is 1.76. The minimum Gasteiger partial charge on any atom is -0.395 e. The summed E-state index contributed by atoms with van der Waals surface area (Å²) in [6, 6.07) is 3.83. The summed E-state index contributed by atoms with van der Waals surface area (Å²) in [7, 11) is 0. The lowest BCUT2D eigenvalue weighted by Gasteiger charge is -2.26. The molecule has 0 aliphatic carbocycles. The van der Waals surface area contributed by atoms with Crippen molar-refractivity contribution in [2.75, 3.05) is 30.3 Å². The molecule has 0 unspecified atom stereocenters. The Bertz CT molecular complexity index is 1110. The number of aliphatic hydroxyl groups is 1. The van der Waals surface area contributed by atoms with Gasteiger partial charge in [0, 0.05) is 24.7 Å². The number of amides is 1. The van der Waals surface area contributed by atoms with Gasteiger partial charge in [0.2, 0.25) is 0 Å². The molecular weight excluding hydrogens is 401 g/mol. The van der Waals surface area contributed by atoms with Gasteiger partial charge in [-0.25, -0.2) is 22.7 Å². The molecule has 2 atom stereocenters. The van der Waals surface area contributed by atoms with Crippen LogP contribution in [0.4, 0.5) is 24.8 Å². The molecule has 0 radical (unpaired) electrons. The lowest BCUT2D eigenvalue weighted by molar-refractivity contribution is 0.0947. The van der Waals surface area contributed by atoms with Crippen LogP contribution in [0.2, 0.25) is 0 Å². The average Bonchev–Trinajstić information content (AvgIpc) is 3.26. The van der Waals surface area contributed by atoms with E-state index in [-0.39, 0.29) is 54.5 Å². The number of nitrogen functional groups attached to an aromatic ring is 1. The summed E-state index contributed by atoms with van der Waals surface area (Å²) in [5, 5.41) is 15.4. The van der Waals surface area contributed by atoms with Crippen LogP contribution in [-0.2, 0) is 0 Å². The summed E-state index contributed by atoms with van der Waals surface area (Å²) in [6.45, 7) is -0.304. The van der Waals surface area contributed by atoms with Crippen LogP contribution in [-0.4, -0.2) is 51.5 Å². The zero-order valence-electron chi connectivity index (χ0n) is 15.7. The Morgan fingerprint density at radius 1 is 1.33 bits per heavy atom. The molecule has 3 heterocycles. The first-order chi connectivity index (χ1) is 14.4. The highest BCUT2D eigenvalue weighted by Gasteiger charge is 2.36. The van der Waals surface area contributed by atoms with Crippen LogP contribution in [0, 0.1) is 11.6 Å². The highest BCUT2D eigenvalue weighted by Crippen LogP contribution is 2.38. The zero-order valence-corrected chi connectivity index (χ0v) is 15.7. The number of aliphatic hydroxyl groups excluding tert-OH is 1. The first-order valence-corrected chi connectivity index (χ1v) is 9.28. The van der Waals surface area contributed by atoms with Crippen LogP contribution >= 0.6 is 0 Å². The first-order valence-electron chi connectivity index (χ1n) is 9.28. The third-order valence-electron chi connectivity index (χ3n) is 4.98. The lowest BCUT2D eigenvalue weighted by Crippen LogP contribution is -2.27. The monoisotopic (exact) mass is 420 g/mol. The Morgan fingerprint density at radius 3 is 2.90 bits per heavy atom. The fourth-order valence-electron chi connectivity index (χ4n) is 3.67. The summed E-state index contributed by atoms with van der Waals surface area (Å²) in [6.07, 6.45) is 0.206. The Hall–Kier alpha value is -3.34. The quantitative estimate of drug-likeness (QED) is 0.579. The highest BCUT2D eigenvalue weighted by molar-refractivity contribution is 6.04. The van der Waals surface area contributed by atoms with Crippen LogP contribution in [0.25, 0.3) is 5.65 Å². The molecule has 0 bridgehead atoms. The molecule has 11 heteroatoms. The smallest absolute Gasteiger partial charge is 0.259 e. The van der Waals surface area contributed by atoms with Gasteiger partial charge in [-0.15, -0.1) is 5.10 Å². The predicted molar refractivity (Wildman–Crippen MR) is 103 cm³/mol. The number of carbonyl (C=O) groups is 1. The van der Waals surface area contributed by atoms with Crippen molar-refractivity contribution in [1.29, 1.82) is 0 Å². The molecule has 4 rings (SSSR count). The number of nitrogens with zero attached hydrogens (tertiary/aromatic N) is 4. The molecule has 1 amide bonds. The van der Waals surface area contributed by atoms with E-state index < -0.39 is 29.8 Å². The normalized spacial score (nSPS) is 18.9. The second-order valence-corrected chi connectivity index (χ2v) is 6.96. The minimum atomic E-state index is -1.27. The number of benzene rings is 1. The van der Waals surface area contributed by atoms with E-state index in [1.807, 2.05) is 0 Å². The fourth-order valence-corrected chi connectivity index (χ4v) is 3.67. The summed E-state index contributed by atoms with van der Waals surface area (Å²) >= 11 is 0. The number of aromatic nitrogens is 3. The topological polar surface area (TPSA) is 109 Å². The number of rotatable bonds is 5. The third kappa shape index (κ3) is 3.52. The van der Waals surface area contributed by atoms with Crippen molar-refractivity contribution in [3.05, 3.63) is 53.2 Å². The maximum Gasteiger partial charge on any atom is 0.259 e. The summed E-state index contributed by atoms with van der Waals surface area (Å²) in [4.78, 5) is 18.3. The van der Waals surface area contributed by atoms with Gasteiger partial charge < -0.3 is 21.1 Å². The number of fused-ring (bicyclic) bond motifs is 1. The first kappa shape index (κ1) is 20.0. The van der Waals surface area contributed by atoms with Crippen LogP contribution in [0.15, 0.2) is 30.5 Å². The largest absolute Gasteiger partial charge is 0.395 e. The van der Waals surface area contributed by atoms with Crippen LogP contribution < -0.4 is 16.0 Å². The van der Waals surface area contributed by atoms with Crippen LogP contribution in [0.5, 0.6) is 0 Å². The summed E-state index contributed by atoms with van der Waals surface area (Å²) in [5.41, 5.74) is 6.01. The van der Waals surface area contributed by atoms with Crippen LogP contribution in [0.3, 0.4) is 0 Å². The van der Waals surface area contributed by atoms with Crippen molar-refractivity contribution >= 4 is 23.2 Å². The summed E-state index contributed by atoms with van der Waals surface area (Å²) in [5.74, 6) is -1.62. The second kappa shape index (κ2) is 7.82. The van der Waals surface area contributed by atoms with Gasteiger partial charge in [0.15, 0.2) is 11.5 Å². The number of hydrogen-bond acceptors (Lipinski definition) is 6. The van der Waals surface area contributed by atoms with Gasteiger partial charge in [-0.1, -0.05) is 0 Å². The van der Waals surface area contributed by atoms with E-state index in [0.717, 1.165) is 18.2 Å². The molecule has 0 spiro atoms. The lowest BCUT2D eigenvalue weighted by atomic mass is 10.0. The number of nitrogens with one attached hydrogen (secondary N) is 1. The minimum absolute atomic E-state index is 0.00906. The Morgan fingerprint density at radius 2 is 2.13 bits per heavy atom. The molecular formula is C19H19F3N6O2. The van der Waals surface area contributed by atoms with Crippen molar-refractivity contribution in [3.8, 4) is 0 Å². The van der Waals surface area contributed by atoms with Crippen LogP contribution in [0.1, 0.15) is 28.4 Å². The summed E-state index contributed by atoms with van der Waals surface area (Å²) < 4.78 is 43.6. The van der Waals surface area contributed by atoms with Crippen molar-refractivity contribution in [3.63, 3.8) is 0 Å². The average molecular weight is 420 g/mol. The zero-order chi connectivity index (χ0) is 21.4. The number of hydrogen-bond donors (Lipinski definition) is 3. The molecule has 30 heavy (non-hydrogen) atoms. The molecule has 4 N–H and O–H groups in total. The number of alkyl halides is 1. The van der Waals surface area contributed by atoms with E-state index in [1.54, 1.807) is 0 Å². The molecule has 1 aromatic carbocycles. The van der Waals surface area contributed by atoms with Crippen molar-refractivity contribution in [2.45, 2.75) is 18.6 Å². The van der Waals surface area contributed by atoms with Crippen molar-refractivity contribution < 1.29 is 23.1 Å². The third-order valence-corrected chi connectivity index (χ3v) is 4.98. The van der Waals surface area contributed by atoms with Gasteiger partial charge in [-0.3, -0.25) is 4.79 Å². The molecule has 1 fully saturated rings. The fraction of sp³-hybridized carbons (Fsp3) is 0.316. The van der Waals surface area contributed by atoms with Gasteiger partial charge in [0.1, 0.15) is 29.2 Å². The Kier molecular flexibility index (Phi) is 5.20. The molecule has 0 saturated carbocycles. The van der Waals surface area contributed by atoms with E-state index in [0.29, 0.717) is 0 Å². The van der Waals surface area contributed by atoms with E-state index in [2.05, 4.69) is 15.4 Å². The molecule has 158 valence electrons. The molecule has 1 aliphatic heterocycles. The molecule has 1 aliphatic rings. The van der Waals surface area contributed by atoms with E-state index in [1.165, 1.54) is 21.7 Å². The van der Waals surface area contributed by atoms with Gasteiger partial charge >= 0.3 is 0 Å². The van der Waals surface area contributed by atoms with Gasteiger partial charge in [-0.2, -0.15) is 0 Å². The number of nitrogens with two attached hydrogens (primary N) is 1. The maximum atomic E-state index is 14.3. The highest BCUT2D eigenvalue weighted by atomic mass is 19.1. The molecule has 8 nitrogen and oxygen atoms in total. The standard InChI is InChI=1S/C19H19F3N6O2/c20-10-1-2-13(22)12(7-10)14-8-11(21)9-27(14)15-3-5-28-18(25-15)16(17(23)26-28)19(30)24-4-6-29/h1-3,5,7,11,14,29H,4,6,8-9H2,(H2,23,26)(H,24,30)/t11-,14+/m0/s1. The van der Waals surface area contributed by atoms with Gasteiger partial charge in [0.05, 0.1) is 19.2 Å². The van der Waals surface area contributed by atoms with Gasteiger partial charge in [-0.05, 0) is 24.3 Å². The maximum absolute atomic E-state index is 14.3. The van der Waals surface area contributed by atoms with E-state index in [9.17, 15) is 18.0 Å². The van der Waals surface area contributed by atoms with Crippen molar-refractivity contribution in [1.82, 2.24) is 19.9 Å². The van der Waals surface area contributed by atoms with E-state index >= 15 is 0 Å².